The van der Waals surface area contributed by atoms with Crippen molar-refractivity contribution in [3.8, 4) is 11.8 Å². The van der Waals surface area contributed by atoms with Gasteiger partial charge in [0.2, 0.25) is 0 Å². The van der Waals surface area contributed by atoms with Gasteiger partial charge in [-0.2, -0.15) is 5.26 Å². The van der Waals surface area contributed by atoms with Crippen molar-refractivity contribution in [2.45, 2.75) is 0 Å². The Morgan fingerprint density at radius 2 is 1.31 bits per heavy atom. The van der Waals surface area contributed by atoms with Gasteiger partial charge in [0.25, 0.3) is 11.8 Å². The van der Waals surface area contributed by atoms with Crippen LogP contribution in [0.2, 0.25) is 0 Å². The number of carbonyl (C=O) groups is 2. The Balaban J connectivity index is 1.36. The Labute approximate surface area is 221 Å². The highest BCUT2D eigenvalue weighted by Gasteiger charge is 2.37. The van der Waals surface area contributed by atoms with Gasteiger partial charge in [-0.3, -0.25) is 9.59 Å². The summed E-state index contributed by atoms with van der Waals surface area (Å²) in [6.07, 6.45) is 0. The van der Waals surface area contributed by atoms with E-state index in [-0.39, 0.29) is 11.3 Å². The molecule has 0 fully saturated rings. The maximum absolute atomic E-state index is 13.1. The van der Waals surface area contributed by atoms with Crippen molar-refractivity contribution < 1.29 is 14.0 Å². The molecule has 2 amide bonds. The summed E-state index contributed by atoms with van der Waals surface area (Å²) < 4.78 is 8.27. The first-order chi connectivity index (χ1) is 19.1. The Morgan fingerprint density at radius 3 is 2.08 bits per heavy atom. The number of nitrogens with zero attached hydrogens (tertiary/aromatic N) is 3. The first-order valence-electron chi connectivity index (χ1n) is 12.5. The highest BCUT2D eigenvalue weighted by Crippen LogP contribution is 2.39. The Morgan fingerprint density at radius 1 is 0.615 bits per heavy atom. The number of para-hydroxylation sites is 2. The van der Waals surface area contributed by atoms with Gasteiger partial charge in [-0.1, -0.05) is 48.5 Å². The number of amides is 2. The van der Waals surface area contributed by atoms with E-state index in [1.165, 1.54) is 0 Å². The van der Waals surface area contributed by atoms with E-state index in [1.54, 1.807) is 36.4 Å². The summed E-state index contributed by atoms with van der Waals surface area (Å²) in [5, 5.41) is 14.3. The van der Waals surface area contributed by atoms with Crippen molar-refractivity contribution in [1.82, 2.24) is 4.57 Å². The minimum atomic E-state index is -0.427. The summed E-state index contributed by atoms with van der Waals surface area (Å²) in [5.74, 6) is -0.854. The van der Waals surface area contributed by atoms with Crippen LogP contribution in [0.5, 0.6) is 0 Å². The van der Waals surface area contributed by atoms with E-state index in [2.05, 4.69) is 28.8 Å². The van der Waals surface area contributed by atoms with Crippen LogP contribution in [0.4, 0.5) is 5.69 Å². The smallest absolute Gasteiger partial charge is 0.266 e. The van der Waals surface area contributed by atoms with Crippen molar-refractivity contribution in [2.75, 3.05) is 4.90 Å². The van der Waals surface area contributed by atoms with Crippen LogP contribution in [-0.2, 0) is 0 Å². The number of fused-ring (bicyclic) bond motifs is 7. The summed E-state index contributed by atoms with van der Waals surface area (Å²) in [5.41, 5.74) is 5.44. The molecule has 2 aromatic heterocycles. The van der Waals surface area contributed by atoms with E-state index in [0.717, 1.165) is 54.3 Å². The van der Waals surface area contributed by atoms with Gasteiger partial charge in [-0.25, -0.2) is 4.90 Å². The molecule has 3 heterocycles. The van der Waals surface area contributed by atoms with Gasteiger partial charge in [0, 0.05) is 33.3 Å². The van der Waals surface area contributed by atoms with E-state index in [9.17, 15) is 14.9 Å². The molecule has 0 aliphatic carbocycles. The molecule has 0 bridgehead atoms. The van der Waals surface area contributed by atoms with Crippen molar-refractivity contribution in [1.29, 1.82) is 5.26 Å². The van der Waals surface area contributed by atoms with E-state index < -0.39 is 11.8 Å². The van der Waals surface area contributed by atoms with Crippen molar-refractivity contribution >= 4 is 61.2 Å². The number of hydrogen-bond acceptors (Lipinski definition) is 4. The number of nitriles is 1. The molecule has 182 valence electrons. The van der Waals surface area contributed by atoms with Crippen molar-refractivity contribution in [3.63, 3.8) is 0 Å². The predicted molar refractivity (Wildman–Crippen MR) is 150 cm³/mol. The minimum absolute atomic E-state index is 0.234. The summed E-state index contributed by atoms with van der Waals surface area (Å²) >= 11 is 0. The number of carbonyl (C=O) groups excluding carboxylic acids is 2. The van der Waals surface area contributed by atoms with Gasteiger partial charge >= 0.3 is 0 Å². The highest BCUT2D eigenvalue weighted by atomic mass is 16.3. The van der Waals surface area contributed by atoms with Gasteiger partial charge in [0.1, 0.15) is 17.2 Å². The maximum atomic E-state index is 13.1. The van der Waals surface area contributed by atoms with Crippen LogP contribution in [0.3, 0.4) is 0 Å². The number of imide groups is 1. The SMILES string of the molecule is N#Cc1cc(-n2c3ccccc3c3cc4c(cc32)oc2ccccc24)ccc1N1C(=O)c2ccccc2C1=O. The van der Waals surface area contributed by atoms with E-state index in [0.29, 0.717) is 11.1 Å². The molecule has 0 radical (unpaired) electrons. The summed E-state index contributed by atoms with van der Waals surface area (Å²) in [6, 6.07) is 34.5. The van der Waals surface area contributed by atoms with Crippen LogP contribution in [-0.4, -0.2) is 16.4 Å². The summed E-state index contributed by atoms with van der Waals surface area (Å²) in [6.45, 7) is 0. The Bertz CT molecular complexity index is 2210. The lowest BCUT2D eigenvalue weighted by atomic mass is 10.1. The fraction of sp³-hybridized carbons (Fsp3) is 0. The lowest BCUT2D eigenvalue weighted by molar-refractivity contribution is 0.0926. The molecule has 0 atom stereocenters. The second-order valence-corrected chi connectivity index (χ2v) is 9.62. The lowest BCUT2D eigenvalue weighted by Crippen LogP contribution is -2.30. The van der Waals surface area contributed by atoms with Gasteiger partial charge in [0.05, 0.1) is 33.4 Å². The standard InChI is InChI=1S/C33H17N3O3/c34-18-19-15-20(13-14-27(19)36-32(37)23-9-1-2-10-24(23)33(36)38)35-28-11-5-3-7-21(28)25-16-26-22-8-4-6-12-30(22)39-31(26)17-29(25)35/h1-17H. The molecule has 5 aromatic carbocycles. The van der Waals surface area contributed by atoms with E-state index >= 15 is 0 Å². The van der Waals surface area contributed by atoms with E-state index in [1.807, 2.05) is 48.5 Å². The summed E-state index contributed by atoms with van der Waals surface area (Å²) in [7, 11) is 0. The molecular formula is C33H17N3O3. The predicted octanol–water partition coefficient (Wildman–Crippen LogP) is 7.36. The lowest BCUT2D eigenvalue weighted by Gasteiger charge is -2.17. The van der Waals surface area contributed by atoms with Gasteiger partial charge in [-0.05, 0) is 48.5 Å². The zero-order valence-corrected chi connectivity index (χ0v) is 20.4. The molecule has 6 nitrogen and oxygen atoms in total. The molecule has 0 N–H and O–H groups in total. The molecule has 0 spiro atoms. The third-order valence-corrected chi connectivity index (χ3v) is 7.56. The fourth-order valence-corrected chi connectivity index (χ4v) is 5.82. The van der Waals surface area contributed by atoms with Crippen LogP contribution in [0.1, 0.15) is 26.3 Å². The molecule has 8 rings (SSSR count). The van der Waals surface area contributed by atoms with Gasteiger partial charge in [0.15, 0.2) is 0 Å². The number of hydrogen-bond donors (Lipinski definition) is 0. The van der Waals surface area contributed by atoms with Gasteiger partial charge in [-0.15, -0.1) is 0 Å². The molecule has 6 heteroatoms. The largest absolute Gasteiger partial charge is 0.456 e. The number of benzene rings is 5. The van der Waals surface area contributed by atoms with Crippen LogP contribution in [0, 0.1) is 11.3 Å². The van der Waals surface area contributed by atoms with Gasteiger partial charge < -0.3 is 8.98 Å². The third-order valence-electron chi connectivity index (χ3n) is 7.56. The topological polar surface area (TPSA) is 79.2 Å². The average Bonchev–Trinajstić information content (AvgIpc) is 3.59. The molecular weight excluding hydrogens is 486 g/mol. The molecule has 7 aromatic rings. The molecule has 0 saturated carbocycles. The molecule has 1 aliphatic heterocycles. The highest BCUT2D eigenvalue weighted by molar-refractivity contribution is 6.34. The second kappa shape index (κ2) is 7.67. The molecule has 0 saturated heterocycles. The van der Waals surface area contributed by atoms with Crippen LogP contribution < -0.4 is 4.90 Å². The fourth-order valence-electron chi connectivity index (χ4n) is 5.82. The first kappa shape index (κ1) is 21.4. The van der Waals surface area contributed by atoms with Crippen LogP contribution >= 0.6 is 0 Å². The quantitative estimate of drug-likeness (QED) is 0.231. The molecule has 1 aliphatic rings. The normalized spacial score (nSPS) is 13.2. The average molecular weight is 504 g/mol. The number of anilines is 1. The Hall–Kier alpha value is -5.67. The zero-order chi connectivity index (χ0) is 26.2. The summed E-state index contributed by atoms with van der Waals surface area (Å²) in [4.78, 5) is 27.3. The first-order valence-corrected chi connectivity index (χ1v) is 12.5. The second-order valence-electron chi connectivity index (χ2n) is 9.62. The van der Waals surface area contributed by atoms with Crippen molar-refractivity contribution in [2.24, 2.45) is 0 Å². The molecule has 0 unspecified atom stereocenters. The molecule has 39 heavy (non-hydrogen) atoms. The van der Waals surface area contributed by atoms with Crippen LogP contribution in [0.15, 0.2) is 108 Å². The Kier molecular flexibility index (Phi) is 4.21. The van der Waals surface area contributed by atoms with Crippen molar-refractivity contribution in [3.05, 3.63) is 120 Å². The number of aromatic nitrogens is 1. The van der Waals surface area contributed by atoms with E-state index in [4.69, 9.17) is 4.42 Å². The number of rotatable bonds is 2. The monoisotopic (exact) mass is 503 g/mol. The van der Waals surface area contributed by atoms with Crippen LogP contribution in [0.25, 0.3) is 49.4 Å². The number of furan rings is 1. The maximum Gasteiger partial charge on any atom is 0.266 e. The zero-order valence-electron chi connectivity index (χ0n) is 20.4. The third kappa shape index (κ3) is 2.84. The minimum Gasteiger partial charge on any atom is -0.456 e.